The molecule has 0 heterocycles. The lowest BCUT2D eigenvalue weighted by Gasteiger charge is -2.03. The van der Waals surface area contributed by atoms with Gasteiger partial charge in [0, 0.05) is 0 Å². The molecule has 0 spiro atoms. The molecule has 0 amide bonds. The molecule has 0 atom stereocenters. The highest BCUT2D eigenvalue weighted by molar-refractivity contribution is 7.85. The van der Waals surface area contributed by atoms with E-state index in [0.717, 1.165) is 11.8 Å². The number of hydrogen-bond acceptors (Lipinski definition) is 4. The van der Waals surface area contributed by atoms with Crippen LogP contribution in [0.5, 0.6) is 0 Å². The Morgan fingerprint density at radius 2 is 1.86 bits per heavy atom. The van der Waals surface area contributed by atoms with Crippen molar-refractivity contribution in [3.8, 4) is 0 Å². The first-order chi connectivity index (χ1) is 6.58. The molecule has 1 aromatic rings. The van der Waals surface area contributed by atoms with Crippen molar-refractivity contribution in [3.05, 3.63) is 35.9 Å². The molecule has 0 N–H and O–H groups in total. The van der Waals surface area contributed by atoms with Gasteiger partial charge in [0.25, 0.3) is 10.1 Å². The van der Waals surface area contributed by atoms with E-state index in [4.69, 9.17) is 4.74 Å². The van der Waals surface area contributed by atoms with Crippen molar-refractivity contribution >= 4 is 10.1 Å². The van der Waals surface area contributed by atoms with E-state index in [0.29, 0.717) is 6.61 Å². The zero-order chi connectivity index (χ0) is 10.4. The molecule has 0 aliphatic rings. The van der Waals surface area contributed by atoms with Gasteiger partial charge < -0.3 is 4.74 Å². The minimum absolute atomic E-state index is 0.242. The van der Waals surface area contributed by atoms with Gasteiger partial charge >= 0.3 is 0 Å². The zero-order valence-corrected chi connectivity index (χ0v) is 8.66. The van der Waals surface area contributed by atoms with Crippen LogP contribution in [0, 0.1) is 0 Å². The fourth-order valence-corrected chi connectivity index (χ4v) is 1.10. The van der Waals surface area contributed by atoms with E-state index >= 15 is 0 Å². The van der Waals surface area contributed by atoms with Crippen LogP contribution in [-0.4, -0.2) is 21.5 Å². The summed E-state index contributed by atoms with van der Waals surface area (Å²) in [5, 5.41) is 0. The number of rotatable bonds is 5. The largest absolute Gasteiger partial charge is 0.349 e. The van der Waals surface area contributed by atoms with Crippen molar-refractivity contribution in [1.82, 2.24) is 0 Å². The summed E-state index contributed by atoms with van der Waals surface area (Å²) in [6, 6.07) is 9.45. The van der Waals surface area contributed by atoms with Gasteiger partial charge in [0.2, 0.25) is 0 Å². The second kappa shape index (κ2) is 5.09. The third kappa shape index (κ3) is 4.96. The molecular weight excluding hydrogens is 204 g/mol. The molecule has 1 rings (SSSR count). The zero-order valence-electron chi connectivity index (χ0n) is 7.84. The van der Waals surface area contributed by atoms with E-state index in [1.54, 1.807) is 0 Å². The average molecular weight is 216 g/mol. The Hall–Kier alpha value is -0.910. The third-order valence-electron chi connectivity index (χ3n) is 1.46. The van der Waals surface area contributed by atoms with Gasteiger partial charge in [-0.1, -0.05) is 30.3 Å². The molecule has 0 saturated heterocycles. The lowest BCUT2D eigenvalue weighted by atomic mass is 10.2. The molecule has 0 radical (unpaired) electrons. The Bertz CT molecular complexity index is 358. The molecule has 1 aromatic carbocycles. The van der Waals surface area contributed by atoms with Crippen LogP contribution in [0.1, 0.15) is 5.56 Å². The van der Waals surface area contributed by atoms with Gasteiger partial charge in [0.15, 0.2) is 6.79 Å². The van der Waals surface area contributed by atoms with Crippen molar-refractivity contribution in [2.75, 3.05) is 13.0 Å². The van der Waals surface area contributed by atoms with Crippen LogP contribution in [0.25, 0.3) is 0 Å². The summed E-state index contributed by atoms with van der Waals surface area (Å²) < 4.78 is 30.5. The highest BCUT2D eigenvalue weighted by atomic mass is 32.2. The van der Waals surface area contributed by atoms with E-state index in [-0.39, 0.29) is 6.79 Å². The number of hydrogen-bond donors (Lipinski definition) is 0. The molecular formula is C9H12O4S. The predicted molar refractivity (Wildman–Crippen MR) is 52.0 cm³/mol. The first-order valence-electron chi connectivity index (χ1n) is 4.04. The maximum absolute atomic E-state index is 10.5. The fourth-order valence-electron chi connectivity index (χ4n) is 0.855. The Morgan fingerprint density at radius 1 is 1.21 bits per heavy atom. The van der Waals surface area contributed by atoms with Gasteiger partial charge in [-0.25, -0.2) is 4.18 Å². The van der Waals surface area contributed by atoms with Gasteiger partial charge in [-0.2, -0.15) is 8.42 Å². The lowest BCUT2D eigenvalue weighted by Crippen LogP contribution is -2.06. The molecule has 78 valence electrons. The summed E-state index contributed by atoms with van der Waals surface area (Å²) in [6.07, 6.45) is 0.985. The van der Waals surface area contributed by atoms with Crippen molar-refractivity contribution in [3.63, 3.8) is 0 Å². The Kier molecular flexibility index (Phi) is 4.06. The number of benzene rings is 1. The molecule has 0 aliphatic heterocycles. The van der Waals surface area contributed by atoms with Gasteiger partial charge in [0.05, 0.1) is 12.9 Å². The van der Waals surface area contributed by atoms with Crippen molar-refractivity contribution in [2.24, 2.45) is 0 Å². The van der Waals surface area contributed by atoms with E-state index < -0.39 is 10.1 Å². The summed E-state index contributed by atoms with van der Waals surface area (Å²) in [7, 11) is -3.40. The van der Waals surface area contributed by atoms with E-state index in [2.05, 4.69) is 4.18 Å². The van der Waals surface area contributed by atoms with Crippen LogP contribution in [0.2, 0.25) is 0 Å². The van der Waals surface area contributed by atoms with Crippen LogP contribution in [0.3, 0.4) is 0 Å². The second-order valence-electron chi connectivity index (χ2n) is 2.77. The van der Waals surface area contributed by atoms with Gasteiger partial charge in [-0.3, -0.25) is 0 Å². The predicted octanol–water partition coefficient (Wildman–Crippen LogP) is 1.14. The van der Waals surface area contributed by atoms with Crippen LogP contribution < -0.4 is 0 Å². The monoisotopic (exact) mass is 216 g/mol. The first-order valence-corrected chi connectivity index (χ1v) is 5.86. The maximum Gasteiger partial charge on any atom is 0.266 e. The molecule has 5 heteroatoms. The highest BCUT2D eigenvalue weighted by Gasteiger charge is 2.00. The molecule has 4 nitrogen and oxygen atoms in total. The van der Waals surface area contributed by atoms with Gasteiger partial charge in [-0.05, 0) is 5.56 Å². The SMILES string of the molecule is CS(=O)(=O)OCOCc1ccccc1. The summed E-state index contributed by atoms with van der Waals surface area (Å²) in [5.74, 6) is 0. The third-order valence-corrected chi connectivity index (χ3v) is 1.98. The van der Waals surface area contributed by atoms with Crippen LogP contribution >= 0.6 is 0 Å². The standard InChI is InChI=1S/C9H12O4S/c1-14(10,11)13-8-12-7-9-5-3-2-4-6-9/h2-6H,7-8H2,1H3. The van der Waals surface area contributed by atoms with Crippen LogP contribution in [0.4, 0.5) is 0 Å². The maximum atomic E-state index is 10.5. The Balaban J connectivity index is 2.23. The minimum Gasteiger partial charge on any atom is -0.349 e. The molecule has 0 saturated carbocycles. The fraction of sp³-hybridized carbons (Fsp3) is 0.333. The second-order valence-corrected chi connectivity index (χ2v) is 4.42. The quantitative estimate of drug-likeness (QED) is 0.420. The molecule has 0 fully saturated rings. The summed E-state index contributed by atoms with van der Waals surface area (Å²) >= 11 is 0. The number of ether oxygens (including phenoxy) is 1. The van der Waals surface area contributed by atoms with E-state index in [1.165, 1.54) is 0 Å². The topological polar surface area (TPSA) is 52.6 Å². The first kappa shape index (κ1) is 11.2. The van der Waals surface area contributed by atoms with Crippen LogP contribution in [0.15, 0.2) is 30.3 Å². The lowest BCUT2D eigenvalue weighted by molar-refractivity contribution is 0.00961. The van der Waals surface area contributed by atoms with Crippen LogP contribution in [-0.2, 0) is 25.6 Å². The smallest absolute Gasteiger partial charge is 0.266 e. The van der Waals surface area contributed by atoms with E-state index in [1.807, 2.05) is 30.3 Å². The Morgan fingerprint density at radius 3 is 2.43 bits per heavy atom. The van der Waals surface area contributed by atoms with Crippen molar-refractivity contribution in [1.29, 1.82) is 0 Å². The van der Waals surface area contributed by atoms with Crippen molar-refractivity contribution in [2.45, 2.75) is 6.61 Å². The molecule has 0 bridgehead atoms. The van der Waals surface area contributed by atoms with E-state index in [9.17, 15) is 8.42 Å². The highest BCUT2D eigenvalue weighted by Crippen LogP contribution is 2.00. The molecule has 14 heavy (non-hydrogen) atoms. The average Bonchev–Trinajstić information content (AvgIpc) is 2.13. The Labute approximate surface area is 83.6 Å². The molecule has 0 aromatic heterocycles. The normalized spacial score (nSPS) is 11.5. The summed E-state index contributed by atoms with van der Waals surface area (Å²) in [6.45, 7) is 0.101. The van der Waals surface area contributed by atoms with Crippen molar-refractivity contribution < 1.29 is 17.3 Å². The summed E-state index contributed by atoms with van der Waals surface area (Å²) in [5.41, 5.74) is 0.976. The van der Waals surface area contributed by atoms with Gasteiger partial charge in [0.1, 0.15) is 0 Å². The molecule has 0 aliphatic carbocycles. The minimum atomic E-state index is -3.40. The molecule has 0 unspecified atom stereocenters. The summed E-state index contributed by atoms with van der Waals surface area (Å²) in [4.78, 5) is 0. The van der Waals surface area contributed by atoms with Gasteiger partial charge in [-0.15, -0.1) is 0 Å².